The van der Waals surface area contributed by atoms with Crippen molar-refractivity contribution in [1.29, 1.82) is 0 Å². The van der Waals surface area contributed by atoms with Crippen LogP contribution in [0.2, 0.25) is 0 Å². The molecule has 1 unspecified atom stereocenters. The fraction of sp³-hybridized carbons (Fsp3) is 0.150. The molecule has 2 aromatic heterocycles. The van der Waals surface area contributed by atoms with E-state index >= 15 is 0 Å². The second kappa shape index (κ2) is 9.02. The molecule has 1 fully saturated rings. The summed E-state index contributed by atoms with van der Waals surface area (Å²) in [7, 11) is 0. The minimum atomic E-state index is -0.809. The number of nitrogens with one attached hydrogen (secondary N) is 2. The molecule has 9 heteroatoms. The number of hydrogen-bond donors (Lipinski definition) is 2. The maximum absolute atomic E-state index is 11.9. The third-order valence-electron chi connectivity index (χ3n) is 4.11. The SMILES string of the molecule is Cc1cc(COc2ccc(Sc3ccoc3C3NC(=O)NC3=O)cc2)ccn1.Cl. The molecule has 3 aromatic rings. The Hall–Kier alpha value is -2.97. The van der Waals surface area contributed by atoms with Gasteiger partial charge < -0.3 is 14.5 Å². The monoisotopic (exact) mass is 431 g/mol. The van der Waals surface area contributed by atoms with Gasteiger partial charge in [0.2, 0.25) is 0 Å². The number of halogens is 1. The van der Waals surface area contributed by atoms with Crippen LogP contribution < -0.4 is 15.4 Å². The summed E-state index contributed by atoms with van der Waals surface area (Å²) in [5.74, 6) is 0.757. The fourth-order valence-corrected chi connectivity index (χ4v) is 3.71. The normalized spacial score (nSPS) is 15.4. The Balaban J connectivity index is 0.00000240. The zero-order valence-corrected chi connectivity index (χ0v) is 17.0. The number of benzene rings is 1. The van der Waals surface area contributed by atoms with Gasteiger partial charge in [0.1, 0.15) is 18.1 Å². The molecule has 0 radical (unpaired) electrons. The van der Waals surface area contributed by atoms with Crippen molar-refractivity contribution < 1.29 is 18.7 Å². The molecular formula is C20H18ClN3O4S. The average Bonchev–Trinajstić information content (AvgIpc) is 3.26. The standard InChI is InChI=1S/C20H17N3O4S.ClH/c1-12-10-13(6-8-21-12)11-27-14-2-4-15(5-3-14)28-16-7-9-26-18(16)17-19(24)23-20(25)22-17;/h2-10,17H,11H2,1H3,(H2,22,23,24,25);1H. The maximum atomic E-state index is 11.9. The van der Waals surface area contributed by atoms with Gasteiger partial charge in [-0.25, -0.2) is 4.79 Å². The number of ether oxygens (including phenoxy) is 1. The quantitative estimate of drug-likeness (QED) is 0.572. The minimum absolute atomic E-state index is 0. The summed E-state index contributed by atoms with van der Waals surface area (Å²) in [6.45, 7) is 2.42. The number of aromatic nitrogens is 1. The fourth-order valence-electron chi connectivity index (χ4n) is 2.80. The number of pyridine rings is 1. The Bertz CT molecular complexity index is 1020. The maximum Gasteiger partial charge on any atom is 0.322 e. The predicted molar refractivity (Wildman–Crippen MR) is 109 cm³/mol. The molecule has 29 heavy (non-hydrogen) atoms. The molecule has 150 valence electrons. The van der Waals surface area contributed by atoms with Gasteiger partial charge in [-0.1, -0.05) is 11.8 Å². The summed E-state index contributed by atoms with van der Waals surface area (Å²) in [4.78, 5) is 29.1. The van der Waals surface area contributed by atoms with E-state index in [9.17, 15) is 9.59 Å². The van der Waals surface area contributed by atoms with Crippen LogP contribution in [-0.2, 0) is 11.4 Å². The summed E-state index contributed by atoms with van der Waals surface area (Å²) in [6, 6.07) is 12.0. The van der Waals surface area contributed by atoms with Crippen LogP contribution >= 0.6 is 24.2 Å². The molecular weight excluding hydrogens is 414 g/mol. The molecule has 0 aliphatic carbocycles. The largest absolute Gasteiger partial charge is 0.489 e. The van der Waals surface area contributed by atoms with Crippen molar-refractivity contribution in [3.63, 3.8) is 0 Å². The van der Waals surface area contributed by atoms with Gasteiger partial charge in [-0.15, -0.1) is 12.4 Å². The van der Waals surface area contributed by atoms with Gasteiger partial charge in [0.15, 0.2) is 6.04 Å². The summed E-state index contributed by atoms with van der Waals surface area (Å²) < 4.78 is 11.2. The van der Waals surface area contributed by atoms with Crippen LogP contribution in [0, 0.1) is 6.92 Å². The number of imide groups is 1. The third kappa shape index (κ3) is 4.90. The number of rotatable bonds is 6. The van der Waals surface area contributed by atoms with Crippen molar-refractivity contribution in [1.82, 2.24) is 15.6 Å². The summed E-state index contributed by atoms with van der Waals surface area (Å²) in [6.07, 6.45) is 3.27. The molecule has 7 nitrogen and oxygen atoms in total. The van der Waals surface area contributed by atoms with E-state index in [0.717, 1.165) is 26.8 Å². The Morgan fingerprint density at radius 2 is 1.97 bits per heavy atom. The van der Waals surface area contributed by atoms with Crippen molar-refractivity contribution in [3.8, 4) is 5.75 Å². The van der Waals surface area contributed by atoms with Crippen LogP contribution in [0.4, 0.5) is 4.79 Å². The van der Waals surface area contributed by atoms with Gasteiger partial charge >= 0.3 is 6.03 Å². The highest BCUT2D eigenvalue weighted by Gasteiger charge is 2.35. The number of carbonyl (C=O) groups is 2. The van der Waals surface area contributed by atoms with Crippen molar-refractivity contribution in [2.45, 2.75) is 29.4 Å². The van der Waals surface area contributed by atoms with Gasteiger partial charge in [0, 0.05) is 16.8 Å². The Labute approximate surface area is 177 Å². The Morgan fingerprint density at radius 3 is 2.66 bits per heavy atom. The van der Waals surface area contributed by atoms with Crippen LogP contribution in [0.5, 0.6) is 5.75 Å². The molecule has 3 amide bonds. The van der Waals surface area contributed by atoms with Gasteiger partial charge in [-0.3, -0.25) is 15.1 Å². The molecule has 0 bridgehead atoms. The van der Waals surface area contributed by atoms with Crippen molar-refractivity contribution in [2.75, 3.05) is 0 Å². The molecule has 1 saturated heterocycles. The lowest BCUT2D eigenvalue weighted by Crippen LogP contribution is -2.22. The van der Waals surface area contributed by atoms with Crippen LogP contribution in [-0.4, -0.2) is 16.9 Å². The minimum Gasteiger partial charge on any atom is -0.489 e. The van der Waals surface area contributed by atoms with Gasteiger partial charge in [0.25, 0.3) is 5.91 Å². The first kappa shape index (κ1) is 20.8. The average molecular weight is 432 g/mol. The molecule has 0 saturated carbocycles. The number of furan rings is 1. The van der Waals surface area contributed by atoms with Crippen LogP contribution in [0.1, 0.15) is 23.1 Å². The zero-order valence-electron chi connectivity index (χ0n) is 15.4. The smallest absolute Gasteiger partial charge is 0.322 e. The molecule has 1 aliphatic heterocycles. The summed E-state index contributed by atoms with van der Waals surface area (Å²) >= 11 is 1.45. The second-order valence-corrected chi connectivity index (χ2v) is 7.33. The number of carbonyl (C=O) groups excluding carboxylic acids is 2. The van der Waals surface area contributed by atoms with E-state index in [1.165, 1.54) is 18.0 Å². The first-order chi connectivity index (χ1) is 13.6. The van der Waals surface area contributed by atoms with Gasteiger partial charge in [-0.05, 0) is 55.0 Å². The van der Waals surface area contributed by atoms with Crippen molar-refractivity contribution in [3.05, 3.63) is 71.9 Å². The van der Waals surface area contributed by atoms with Gasteiger partial charge in [-0.2, -0.15) is 0 Å². The molecule has 4 rings (SSSR count). The number of urea groups is 1. The highest BCUT2D eigenvalue weighted by molar-refractivity contribution is 7.99. The molecule has 1 aromatic carbocycles. The van der Waals surface area contributed by atoms with Crippen molar-refractivity contribution in [2.24, 2.45) is 0 Å². The van der Waals surface area contributed by atoms with E-state index in [4.69, 9.17) is 9.15 Å². The van der Waals surface area contributed by atoms with E-state index in [2.05, 4.69) is 15.6 Å². The Morgan fingerprint density at radius 1 is 1.17 bits per heavy atom. The van der Waals surface area contributed by atoms with E-state index in [0.29, 0.717) is 12.4 Å². The summed E-state index contributed by atoms with van der Waals surface area (Å²) in [5, 5.41) is 4.75. The zero-order chi connectivity index (χ0) is 19.5. The van der Waals surface area contributed by atoms with E-state index in [1.807, 2.05) is 43.3 Å². The molecule has 1 atom stereocenters. The number of nitrogens with zero attached hydrogens (tertiary/aromatic N) is 1. The lowest BCUT2D eigenvalue weighted by Gasteiger charge is -2.09. The molecule has 3 heterocycles. The lowest BCUT2D eigenvalue weighted by molar-refractivity contribution is -0.120. The second-order valence-electron chi connectivity index (χ2n) is 6.21. The van der Waals surface area contributed by atoms with Gasteiger partial charge in [0.05, 0.1) is 11.2 Å². The summed E-state index contributed by atoms with van der Waals surface area (Å²) in [5.41, 5.74) is 2.02. The van der Waals surface area contributed by atoms with E-state index in [1.54, 1.807) is 12.3 Å². The topological polar surface area (TPSA) is 93.5 Å². The lowest BCUT2D eigenvalue weighted by atomic mass is 10.2. The van der Waals surface area contributed by atoms with Crippen molar-refractivity contribution >= 4 is 36.1 Å². The third-order valence-corrected chi connectivity index (χ3v) is 5.18. The number of hydrogen-bond acceptors (Lipinski definition) is 6. The molecule has 0 spiro atoms. The number of aryl methyl sites for hydroxylation is 1. The van der Waals surface area contributed by atoms with Crippen LogP contribution in [0.25, 0.3) is 0 Å². The first-order valence-electron chi connectivity index (χ1n) is 8.59. The molecule has 2 N–H and O–H groups in total. The first-order valence-corrected chi connectivity index (χ1v) is 9.41. The highest BCUT2D eigenvalue weighted by Crippen LogP contribution is 2.35. The number of amides is 3. The molecule has 1 aliphatic rings. The predicted octanol–water partition coefficient (Wildman–Crippen LogP) is 4.02. The Kier molecular flexibility index (Phi) is 6.46. The van der Waals surface area contributed by atoms with E-state index < -0.39 is 18.0 Å². The van der Waals surface area contributed by atoms with E-state index in [-0.39, 0.29) is 12.4 Å². The highest BCUT2D eigenvalue weighted by atomic mass is 35.5. The van der Waals surface area contributed by atoms with Crippen LogP contribution in [0.3, 0.4) is 0 Å². The van der Waals surface area contributed by atoms with Crippen LogP contribution in [0.15, 0.2) is 69.1 Å².